The van der Waals surface area contributed by atoms with Gasteiger partial charge in [0.05, 0.1) is 0 Å². The van der Waals surface area contributed by atoms with Gasteiger partial charge in [0.2, 0.25) is 0 Å². The first-order chi connectivity index (χ1) is 7.92. The third-order valence-corrected chi connectivity index (χ3v) is 4.19. The third kappa shape index (κ3) is 5.07. The lowest BCUT2D eigenvalue weighted by atomic mass is 9.88. The Balaban J connectivity index is 2.16. The van der Waals surface area contributed by atoms with Gasteiger partial charge in [-0.15, -0.1) is 0 Å². The number of carboxylic acid groups (broad SMARTS) is 1. The van der Waals surface area contributed by atoms with E-state index in [9.17, 15) is 4.79 Å². The monoisotopic (exact) mass is 241 g/mol. The summed E-state index contributed by atoms with van der Waals surface area (Å²) < 4.78 is 0. The molecule has 1 fully saturated rings. The zero-order valence-corrected chi connectivity index (χ0v) is 11.2. The van der Waals surface area contributed by atoms with Gasteiger partial charge in [-0.25, -0.2) is 0 Å². The fourth-order valence-corrected chi connectivity index (χ4v) is 2.62. The summed E-state index contributed by atoms with van der Waals surface area (Å²) in [6.07, 6.45) is 9.64. The van der Waals surface area contributed by atoms with Crippen LogP contribution in [0, 0.1) is 11.8 Å². The Hall–Kier alpha value is -0.570. The highest BCUT2D eigenvalue weighted by Gasteiger charge is 2.28. The summed E-state index contributed by atoms with van der Waals surface area (Å²) in [6, 6.07) is 0. The van der Waals surface area contributed by atoms with Gasteiger partial charge >= 0.3 is 5.97 Å². The summed E-state index contributed by atoms with van der Waals surface area (Å²) in [5, 5.41) is 8.93. The standard InChI is InChI=1S/C14H27NO2/c1-11(7-8-12-5-3-4-6-12)9-10-14(2,15)13(16)17/h11-12H,3-10,15H2,1-2H3,(H,16,17). The molecule has 3 heteroatoms. The average Bonchev–Trinajstić information content (AvgIpc) is 2.76. The number of rotatable bonds is 7. The molecule has 1 rings (SSSR count). The van der Waals surface area contributed by atoms with Crippen LogP contribution in [0.2, 0.25) is 0 Å². The first-order valence-electron chi connectivity index (χ1n) is 6.94. The first kappa shape index (κ1) is 14.5. The molecule has 1 saturated carbocycles. The van der Waals surface area contributed by atoms with Gasteiger partial charge in [0.1, 0.15) is 5.54 Å². The Morgan fingerprint density at radius 2 is 2.00 bits per heavy atom. The Morgan fingerprint density at radius 1 is 1.41 bits per heavy atom. The number of aliphatic carboxylic acids is 1. The molecule has 3 nitrogen and oxygen atoms in total. The molecule has 0 heterocycles. The molecule has 2 unspecified atom stereocenters. The van der Waals surface area contributed by atoms with Crippen molar-refractivity contribution in [1.82, 2.24) is 0 Å². The van der Waals surface area contributed by atoms with E-state index in [0.29, 0.717) is 12.3 Å². The molecule has 0 saturated heterocycles. The molecule has 0 spiro atoms. The van der Waals surface area contributed by atoms with E-state index in [1.165, 1.54) is 38.5 Å². The van der Waals surface area contributed by atoms with Crippen LogP contribution in [0.1, 0.15) is 65.2 Å². The van der Waals surface area contributed by atoms with Crippen LogP contribution in [-0.2, 0) is 4.79 Å². The Labute approximate surface area is 105 Å². The number of nitrogens with two attached hydrogens (primary N) is 1. The van der Waals surface area contributed by atoms with Crippen LogP contribution in [0.25, 0.3) is 0 Å². The number of hydrogen-bond donors (Lipinski definition) is 2. The second-order valence-electron chi connectivity index (χ2n) is 6.09. The van der Waals surface area contributed by atoms with Gasteiger partial charge in [-0.1, -0.05) is 45.4 Å². The van der Waals surface area contributed by atoms with E-state index in [0.717, 1.165) is 12.3 Å². The van der Waals surface area contributed by atoms with Gasteiger partial charge in [-0.05, 0) is 31.6 Å². The highest BCUT2D eigenvalue weighted by Crippen LogP contribution is 2.30. The molecule has 2 atom stereocenters. The Morgan fingerprint density at radius 3 is 2.53 bits per heavy atom. The zero-order chi connectivity index (χ0) is 12.9. The van der Waals surface area contributed by atoms with Crippen LogP contribution >= 0.6 is 0 Å². The van der Waals surface area contributed by atoms with Crippen molar-refractivity contribution in [1.29, 1.82) is 0 Å². The van der Waals surface area contributed by atoms with E-state index in [-0.39, 0.29) is 0 Å². The number of hydrogen-bond acceptors (Lipinski definition) is 2. The smallest absolute Gasteiger partial charge is 0.323 e. The summed E-state index contributed by atoms with van der Waals surface area (Å²) in [7, 11) is 0. The van der Waals surface area contributed by atoms with E-state index in [2.05, 4.69) is 6.92 Å². The first-order valence-corrected chi connectivity index (χ1v) is 6.94. The minimum atomic E-state index is -1.05. The van der Waals surface area contributed by atoms with Crippen LogP contribution in [-0.4, -0.2) is 16.6 Å². The van der Waals surface area contributed by atoms with Crippen molar-refractivity contribution in [3.05, 3.63) is 0 Å². The van der Waals surface area contributed by atoms with Gasteiger partial charge in [-0.3, -0.25) is 4.79 Å². The number of carboxylic acids is 1. The molecule has 0 aromatic rings. The minimum Gasteiger partial charge on any atom is -0.480 e. The maximum atomic E-state index is 10.9. The van der Waals surface area contributed by atoms with Crippen LogP contribution in [0.4, 0.5) is 0 Å². The zero-order valence-electron chi connectivity index (χ0n) is 11.2. The van der Waals surface area contributed by atoms with Crippen molar-refractivity contribution in [2.24, 2.45) is 17.6 Å². The number of carbonyl (C=O) groups is 1. The van der Waals surface area contributed by atoms with Gasteiger partial charge in [0.15, 0.2) is 0 Å². The molecule has 0 radical (unpaired) electrons. The summed E-state index contributed by atoms with van der Waals surface area (Å²) in [4.78, 5) is 10.9. The lowest BCUT2D eigenvalue weighted by Crippen LogP contribution is -2.44. The molecule has 1 aliphatic carbocycles. The van der Waals surface area contributed by atoms with Crippen molar-refractivity contribution < 1.29 is 9.90 Å². The van der Waals surface area contributed by atoms with Crippen LogP contribution in [0.3, 0.4) is 0 Å². The van der Waals surface area contributed by atoms with E-state index in [4.69, 9.17) is 10.8 Å². The van der Waals surface area contributed by atoms with Crippen molar-refractivity contribution in [2.45, 2.75) is 70.8 Å². The molecular weight excluding hydrogens is 214 g/mol. The van der Waals surface area contributed by atoms with Crippen molar-refractivity contribution in [2.75, 3.05) is 0 Å². The highest BCUT2D eigenvalue weighted by atomic mass is 16.4. The third-order valence-electron chi connectivity index (χ3n) is 4.19. The predicted octanol–water partition coefficient (Wildman–Crippen LogP) is 3.18. The van der Waals surface area contributed by atoms with Gasteiger partial charge in [-0.2, -0.15) is 0 Å². The minimum absolute atomic E-state index is 0.578. The molecule has 0 bridgehead atoms. The second-order valence-corrected chi connectivity index (χ2v) is 6.09. The van der Waals surface area contributed by atoms with Crippen LogP contribution in [0.5, 0.6) is 0 Å². The van der Waals surface area contributed by atoms with Gasteiger partial charge in [0, 0.05) is 0 Å². The van der Waals surface area contributed by atoms with E-state index in [1.54, 1.807) is 6.92 Å². The van der Waals surface area contributed by atoms with E-state index < -0.39 is 11.5 Å². The molecule has 0 aromatic carbocycles. The van der Waals surface area contributed by atoms with Gasteiger partial charge < -0.3 is 10.8 Å². The summed E-state index contributed by atoms with van der Waals surface area (Å²) in [5.41, 5.74) is 4.67. The molecular formula is C14H27NO2. The Bertz CT molecular complexity index is 245. The normalized spacial score (nSPS) is 22.3. The molecule has 0 amide bonds. The van der Waals surface area contributed by atoms with Crippen molar-refractivity contribution in [3.63, 3.8) is 0 Å². The van der Waals surface area contributed by atoms with Gasteiger partial charge in [0.25, 0.3) is 0 Å². The fraction of sp³-hybridized carbons (Fsp3) is 0.929. The SMILES string of the molecule is CC(CCC1CCCC1)CCC(C)(N)C(=O)O. The van der Waals surface area contributed by atoms with Crippen molar-refractivity contribution >= 4 is 5.97 Å². The summed E-state index contributed by atoms with van der Waals surface area (Å²) in [5.74, 6) is 0.638. The fourth-order valence-electron chi connectivity index (χ4n) is 2.62. The molecule has 0 aromatic heterocycles. The lowest BCUT2D eigenvalue weighted by Gasteiger charge is -2.22. The summed E-state index contributed by atoms with van der Waals surface area (Å²) >= 11 is 0. The van der Waals surface area contributed by atoms with E-state index in [1.807, 2.05) is 0 Å². The molecule has 17 heavy (non-hydrogen) atoms. The second kappa shape index (κ2) is 6.39. The summed E-state index contributed by atoms with van der Waals surface area (Å²) in [6.45, 7) is 3.83. The van der Waals surface area contributed by atoms with Crippen molar-refractivity contribution in [3.8, 4) is 0 Å². The van der Waals surface area contributed by atoms with Crippen LogP contribution in [0.15, 0.2) is 0 Å². The maximum absolute atomic E-state index is 10.9. The molecule has 100 valence electrons. The predicted molar refractivity (Wildman–Crippen MR) is 69.8 cm³/mol. The molecule has 3 N–H and O–H groups in total. The highest BCUT2D eigenvalue weighted by molar-refractivity contribution is 5.77. The maximum Gasteiger partial charge on any atom is 0.323 e. The molecule has 0 aliphatic heterocycles. The quantitative estimate of drug-likeness (QED) is 0.719. The van der Waals surface area contributed by atoms with Crippen LogP contribution < -0.4 is 5.73 Å². The van der Waals surface area contributed by atoms with E-state index >= 15 is 0 Å². The average molecular weight is 241 g/mol. The largest absolute Gasteiger partial charge is 0.480 e. The Kier molecular flexibility index (Phi) is 5.44. The molecule has 1 aliphatic rings. The topological polar surface area (TPSA) is 63.3 Å². The lowest BCUT2D eigenvalue weighted by molar-refractivity contribution is -0.143.